The van der Waals surface area contributed by atoms with Gasteiger partial charge >= 0.3 is 0 Å². The minimum Gasteiger partial charge on any atom is -0.288 e. The van der Waals surface area contributed by atoms with Crippen molar-refractivity contribution in [3.05, 3.63) is 94.5 Å². The van der Waals surface area contributed by atoms with Crippen LogP contribution in [-0.2, 0) is 0 Å². The topological polar surface area (TPSA) is 63.1 Å². The Hall–Kier alpha value is -3.99. The highest BCUT2D eigenvalue weighted by atomic mass is 16.1. The van der Waals surface area contributed by atoms with E-state index in [9.17, 15) is 4.79 Å². The van der Waals surface area contributed by atoms with E-state index in [1.54, 1.807) is 10.7 Å². The molecule has 0 unspecified atom stereocenters. The van der Waals surface area contributed by atoms with Crippen molar-refractivity contribution in [3.8, 4) is 22.4 Å². The van der Waals surface area contributed by atoms with Gasteiger partial charge in [0.05, 0.1) is 22.5 Å². The van der Waals surface area contributed by atoms with Crippen LogP contribution in [0.1, 0.15) is 36.9 Å². The van der Waals surface area contributed by atoms with E-state index >= 15 is 0 Å². The number of nitrogens with zero attached hydrogens (tertiary/aromatic N) is 3. The van der Waals surface area contributed by atoms with Gasteiger partial charge in [-0.15, -0.1) is 0 Å². The third kappa shape index (κ3) is 3.28. The summed E-state index contributed by atoms with van der Waals surface area (Å²) in [4.78, 5) is 23.2. The molecular weight excluding hydrogens is 408 g/mol. The summed E-state index contributed by atoms with van der Waals surface area (Å²) in [5.74, 6) is 0. The Morgan fingerprint density at radius 3 is 2.64 bits per heavy atom. The minimum absolute atomic E-state index is 0.0828. The first kappa shape index (κ1) is 19.7. The summed E-state index contributed by atoms with van der Waals surface area (Å²) in [6.45, 7) is 1.93. The van der Waals surface area contributed by atoms with Crippen molar-refractivity contribution in [2.24, 2.45) is 0 Å². The zero-order valence-corrected chi connectivity index (χ0v) is 18.5. The number of hydrogen-bond donors (Lipinski definition) is 1. The maximum atomic E-state index is 13.8. The zero-order chi connectivity index (χ0) is 22.4. The van der Waals surface area contributed by atoms with Gasteiger partial charge in [-0.05, 0) is 61.9 Å². The first-order valence-corrected chi connectivity index (χ1v) is 11.5. The Bertz CT molecular complexity index is 1590. The number of allylic oxidation sites excluding steroid dienone is 2. The molecule has 5 aromatic rings. The number of aromatic amines is 1. The second kappa shape index (κ2) is 7.85. The van der Waals surface area contributed by atoms with E-state index in [1.165, 1.54) is 12.0 Å². The van der Waals surface area contributed by atoms with Crippen molar-refractivity contribution in [1.82, 2.24) is 19.6 Å². The molecule has 1 aliphatic carbocycles. The van der Waals surface area contributed by atoms with Gasteiger partial charge in [0.2, 0.25) is 0 Å². The number of benzene rings is 2. The second-order valence-corrected chi connectivity index (χ2v) is 8.65. The lowest BCUT2D eigenvalue weighted by Crippen LogP contribution is -2.19. The lowest BCUT2D eigenvalue weighted by atomic mass is 9.92. The monoisotopic (exact) mass is 432 g/mol. The van der Waals surface area contributed by atoms with Crippen LogP contribution in [0.5, 0.6) is 0 Å². The Balaban J connectivity index is 1.63. The van der Waals surface area contributed by atoms with Crippen molar-refractivity contribution >= 4 is 22.1 Å². The molecule has 0 saturated carbocycles. The van der Waals surface area contributed by atoms with Crippen molar-refractivity contribution in [1.29, 1.82) is 0 Å². The highest BCUT2D eigenvalue weighted by Gasteiger charge is 2.23. The van der Waals surface area contributed by atoms with Gasteiger partial charge in [-0.1, -0.05) is 48.5 Å². The summed E-state index contributed by atoms with van der Waals surface area (Å²) in [7, 11) is 0. The van der Waals surface area contributed by atoms with Crippen molar-refractivity contribution in [3.63, 3.8) is 0 Å². The molecule has 162 valence electrons. The molecule has 0 radical (unpaired) electrons. The first-order chi connectivity index (χ1) is 16.2. The Morgan fingerprint density at radius 1 is 0.939 bits per heavy atom. The summed E-state index contributed by atoms with van der Waals surface area (Å²) in [5, 5.41) is 4.41. The van der Waals surface area contributed by atoms with Crippen molar-refractivity contribution in [2.75, 3.05) is 0 Å². The predicted octanol–water partition coefficient (Wildman–Crippen LogP) is 6.17. The lowest BCUT2D eigenvalue weighted by Gasteiger charge is -2.14. The molecule has 0 spiro atoms. The average Bonchev–Trinajstić information content (AvgIpc) is 3.24. The molecule has 3 heterocycles. The Morgan fingerprint density at radius 2 is 1.82 bits per heavy atom. The zero-order valence-electron chi connectivity index (χ0n) is 18.5. The molecule has 3 aromatic heterocycles. The fourth-order valence-electron chi connectivity index (χ4n) is 4.92. The Kier molecular flexibility index (Phi) is 4.68. The molecule has 1 aliphatic rings. The van der Waals surface area contributed by atoms with Gasteiger partial charge in [0, 0.05) is 22.7 Å². The number of aromatic nitrogens is 4. The molecule has 0 fully saturated rings. The number of aryl methyl sites for hydroxylation is 1. The van der Waals surface area contributed by atoms with Gasteiger partial charge < -0.3 is 0 Å². The summed E-state index contributed by atoms with van der Waals surface area (Å²) >= 11 is 0. The summed E-state index contributed by atoms with van der Waals surface area (Å²) < 4.78 is 1.63. The first-order valence-electron chi connectivity index (χ1n) is 11.5. The molecule has 0 saturated heterocycles. The summed E-state index contributed by atoms with van der Waals surface area (Å²) in [6.07, 6.45) is 8.52. The van der Waals surface area contributed by atoms with Gasteiger partial charge in [-0.25, -0.2) is 4.98 Å². The quantitative estimate of drug-likeness (QED) is 0.371. The van der Waals surface area contributed by atoms with E-state index in [0.717, 1.165) is 58.2 Å². The smallest absolute Gasteiger partial charge is 0.280 e. The number of rotatable bonds is 3. The Labute approximate surface area is 191 Å². The molecule has 0 amide bonds. The standard InChI is InChI=1S/C28H24N4O/c1-18-24(22-14-15-23-21(17-22)13-8-16-29-23)28(33)32-27(30-18)25(19-9-4-2-5-10-19)26(31-32)20-11-6-3-7-12-20/h3,6-9,11-17,31H,2,4-5,10H2,1H3. The molecule has 5 nitrogen and oxygen atoms in total. The van der Waals surface area contributed by atoms with Crippen LogP contribution in [0.3, 0.4) is 0 Å². The second-order valence-electron chi connectivity index (χ2n) is 8.65. The van der Waals surface area contributed by atoms with Crippen molar-refractivity contribution in [2.45, 2.75) is 32.6 Å². The maximum absolute atomic E-state index is 13.8. The minimum atomic E-state index is -0.0828. The molecule has 2 aromatic carbocycles. The van der Waals surface area contributed by atoms with E-state index < -0.39 is 0 Å². The van der Waals surface area contributed by atoms with Crippen LogP contribution >= 0.6 is 0 Å². The van der Waals surface area contributed by atoms with Crippen LogP contribution in [0.15, 0.2) is 77.7 Å². The van der Waals surface area contributed by atoms with Gasteiger partial charge in [-0.3, -0.25) is 14.9 Å². The predicted molar refractivity (Wildman–Crippen MR) is 133 cm³/mol. The van der Waals surface area contributed by atoms with Crippen LogP contribution in [0.4, 0.5) is 0 Å². The van der Waals surface area contributed by atoms with E-state index in [-0.39, 0.29) is 5.56 Å². The number of nitrogens with one attached hydrogen (secondary N) is 1. The fourth-order valence-corrected chi connectivity index (χ4v) is 4.92. The van der Waals surface area contributed by atoms with Gasteiger partial charge in [0.15, 0.2) is 5.65 Å². The molecule has 6 rings (SSSR count). The van der Waals surface area contributed by atoms with Crippen molar-refractivity contribution < 1.29 is 0 Å². The van der Waals surface area contributed by atoms with Crippen LogP contribution in [0, 0.1) is 6.92 Å². The van der Waals surface area contributed by atoms with Crippen LogP contribution < -0.4 is 5.56 Å². The molecule has 5 heteroatoms. The van der Waals surface area contributed by atoms with Crippen LogP contribution in [0.25, 0.3) is 44.5 Å². The third-order valence-electron chi connectivity index (χ3n) is 6.53. The van der Waals surface area contributed by atoms with Gasteiger partial charge in [0.1, 0.15) is 0 Å². The largest absolute Gasteiger partial charge is 0.288 e. The molecule has 33 heavy (non-hydrogen) atoms. The molecule has 1 N–H and O–H groups in total. The SMILES string of the molecule is Cc1nc2c(C3=CCCCC3)c(-c3ccccc3)[nH]n2c(=O)c1-c1ccc2ncccc2c1. The van der Waals surface area contributed by atoms with E-state index in [0.29, 0.717) is 11.2 Å². The van der Waals surface area contributed by atoms with Gasteiger partial charge in [0.25, 0.3) is 5.56 Å². The molecule has 0 aliphatic heterocycles. The average molecular weight is 433 g/mol. The third-order valence-corrected chi connectivity index (χ3v) is 6.53. The van der Waals surface area contributed by atoms with E-state index in [1.807, 2.05) is 55.5 Å². The lowest BCUT2D eigenvalue weighted by molar-refractivity contribution is 0.742. The summed E-state index contributed by atoms with van der Waals surface area (Å²) in [5.41, 5.74) is 8.07. The number of hydrogen-bond acceptors (Lipinski definition) is 3. The summed E-state index contributed by atoms with van der Waals surface area (Å²) in [6, 6.07) is 20.1. The number of pyridine rings is 1. The number of H-pyrrole nitrogens is 1. The highest BCUT2D eigenvalue weighted by molar-refractivity contribution is 5.89. The molecular formula is C28H24N4O. The van der Waals surface area contributed by atoms with Crippen LogP contribution in [-0.4, -0.2) is 19.6 Å². The fraction of sp³-hybridized carbons (Fsp3) is 0.179. The maximum Gasteiger partial charge on any atom is 0.280 e. The van der Waals surface area contributed by atoms with Gasteiger partial charge in [-0.2, -0.15) is 4.52 Å². The highest BCUT2D eigenvalue weighted by Crippen LogP contribution is 2.36. The molecule has 0 atom stereocenters. The normalized spacial score (nSPS) is 14.0. The molecule has 0 bridgehead atoms. The van der Waals surface area contributed by atoms with E-state index in [4.69, 9.17) is 4.98 Å². The number of fused-ring (bicyclic) bond motifs is 2. The van der Waals surface area contributed by atoms with Crippen LogP contribution in [0.2, 0.25) is 0 Å². The van der Waals surface area contributed by atoms with E-state index in [2.05, 4.69) is 28.3 Å².